The molecule has 6 aliphatic rings. The normalized spacial score (nSPS) is 35.3. The number of hydrogen-bond acceptors (Lipinski definition) is 7. The van der Waals surface area contributed by atoms with E-state index >= 15 is 0 Å². The summed E-state index contributed by atoms with van der Waals surface area (Å²) in [7, 11) is 0. The zero-order chi connectivity index (χ0) is 25.3. The summed E-state index contributed by atoms with van der Waals surface area (Å²) in [6, 6.07) is 9.37. The Kier molecular flexibility index (Phi) is 5.40. The molecule has 0 unspecified atom stereocenters. The van der Waals surface area contributed by atoms with Gasteiger partial charge in [0, 0.05) is 48.9 Å². The highest BCUT2D eigenvalue weighted by atomic mass is 16.5. The minimum atomic E-state index is -0.543. The standard InChI is InChI=1S/C29H37N5O3/c30-25-24(26(35)33-27-7-10-28(36,11-8-27)12-9-27)32-23(16-31-25)19-1-3-20(4-2-19)29-15-21(29)17-34(18-29)22-5-13-37-14-6-22/h1-4,16,21-22,36H,5-15,17-18H2,(H2,30,31)(H,33,35)/t21-,27?,28?,29+/m1/s1. The highest BCUT2D eigenvalue weighted by Gasteiger charge is 2.61. The molecule has 3 heterocycles. The van der Waals surface area contributed by atoms with Gasteiger partial charge in [0.05, 0.1) is 17.5 Å². The molecule has 0 radical (unpaired) electrons. The molecule has 2 bridgehead atoms. The summed E-state index contributed by atoms with van der Waals surface area (Å²) in [5, 5.41) is 13.7. The summed E-state index contributed by atoms with van der Waals surface area (Å²) in [5.41, 5.74) is 8.78. The number of carbonyl (C=O) groups is 1. The Hall–Kier alpha value is -2.55. The molecule has 2 atom stereocenters. The largest absolute Gasteiger partial charge is 0.390 e. The maximum Gasteiger partial charge on any atom is 0.274 e. The van der Waals surface area contributed by atoms with Crippen LogP contribution in [0, 0.1) is 5.92 Å². The molecule has 4 N–H and O–H groups in total. The smallest absolute Gasteiger partial charge is 0.274 e. The lowest BCUT2D eigenvalue weighted by Gasteiger charge is -2.51. The SMILES string of the molecule is Nc1ncc(-c2ccc([C@@]34C[C@@H]3CN(C3CCOCC3)C4)cc2)nc1C(=O)NC12CCC(O)(CC1)CC2. The molecule has 1 aromatic heterocycles. The van der Waals surface area contributed by atoms with Gasteiger partial charge in [-0.15, -0.1) is 0 Å². The third kappa shape index (κ3) is 4.04. The van der Waals surface area contributed by atoms with Gasteiger partial charge in [-0.25, -0.2) is 9.97 Å². The van der Waals surface area contributed by atoms with Gasteiger partial charge < -0.3 is 20.9 Å². The van der Waals surface area contributed by atoms with Crippen molar-refractivity contribution in [1.29, 1.82) is 0 Å². The average Bonchev–Trinajstić information content (AvgIpc) is 3.50. The maximum absolute atomic E-state index is 13.2. The Morgan fingerprint density at radius 3 is 2.49 bits per heavy atom. The Balaban J connectivity index is 1.06. The number of anilines is 1. The van der Waals surface area contributed by atoms with Gasteiger partial charge in [-0.3, -0.25) is 9.69 Å². The summed E-state index contributed by atoms with van der Waals surface area (Å²) in [6.07, 6.45) is 9.80. The van der Waals surface area contributed by atoms with Crippen LogP contribution in [-0.4, -0.2) is 69.4 Å². The van der Waals surface area contributed by atoms with Crippen LogP contribution in [0.3, 0.4) is 0 Å². The second-order valence-electron chi connectivity index (χ2n) is 12.4. The highest BCUT2D eigenvalue weighted by Crippen LogP contribution is 2.59. The molecule has 0 spiro atoms. The van der Waals surface area contributed by atoms with E-state index in [2.05, 4.69) is 44.5 Å². The molecule has 8 rings (SSSR count). The number of carbonyl (C=O) groups excluding carboxylic acids is 1. The predicted molar refractivity (Wildman–Crippen MR) is 140 cm³/mol. The van der Waals surface area contributed by atoms with Crippen LogP contribution in [0.4, 0.5) is 5.82 Å². The number of benzene rings is 1. The lowest BCUT2D eigenvalue weighted by Crippen LogP contribution is -2.58. The molecule has 4 aliphatic carbocycles. The van der Waals surface area contributed by atoms with Gasteiger partial charge in [0.2, 0.25) is 0 Å². The fraction of sp³-hybridized carbons (Fsp3) is 0.621. The number of aromatic nitrogens is 2. The highest BCUT2D eigenvalue weighted by molar-refractivity contribution is 5.97. The van der Waals surface area contributed by atoms with Crippen molar-refractivity contribution in [2.24, 2.45) is 5.92 Å². The molecule has 196 valence electrons. The Labute approximate surface area is 218 Å². The van der Waals surface area contributed by atoms with Crippen molar-refractivity contribution in [3.05, 3.63) is 41.7 Å². The Morgan fingerprint density at radius 1 is 1.08 bits per heavy atom. The molecule has 37 heavy (non-hydrogen) atoms. The maximum atomic E-state index is 13.2. The zero-order valence-electron chi connectivity index (χ0n) is 21.4. The third-order valence-electron chi connectivity index (χ3n) is 10.2. The van der Waals surface area contributed by atoms with Crippen LogP contribution in [0.1, 0.15) is 73.8 Å². The van der Waals surface area contributed by atoms with Crippen molar-refractivity contribution in [2.45, 2.75) is 80.4 Å². The molecule has 4 saturated carbocycles. The Bertz CT molecular complexity index is 1190. The van der Waals surface area contributed by atoms with Crippen molar-refractivity contribution in [3.8, 4) is 11.3 Å². The van der Waals surface area contributed by atoms with Crippen LogP contribution in [0.25, 0.3) is 11.3 Å². The Morgan fingerprint density at radius 2 is 1.78 bits per heavy atom. The summed E-state index contributed by atoms with van der Waals surface area (Å²) < 4.78 is 5.57. The molecule has 1 aromatic carbocycles. The number of fused-ring (bicyclic) bond motifs is 4. The van der Waals surface area contributed by atoms with E-state index in [-0.39, 0.29) is 23.0 Å². The molecule has 8 heteroatoms. The first-order valence-electron chi connectivity index (χ1n) is 14.0. The number of nitrogens with one attached hydrogen (secondary N) is 1. The number of hydrogen-bond donors (Lipinski definition) is 3. The number of rotatable bonds is 5. The van der Waals surface area contributed by atoms with Crippen molar-refractivity contribution in [3.63, 3.8) is 0 Å². The van der Waals surface area contributed by atoms with Crippen molar-refractivity contribution in [1.82, 2.24) is 20.2 Å². The topological polar surface area (TPSA) is 114 Å². The summed E-state index contributed by atoms with van der Waals surface area (Å²) >= 11 is 0. The van der Waals surface area contributed by atoms with E-state index in [1.54, 1.807) is 6.20 Å². The zero-order valence-corrected chi connectivity index (χ0v) is 21.4. The van der Waals surface area contributed by atoms with Crippen LogP contribution in [0.2, 0.25) is 0 Å². The minimum absolute atomic E-state index is 0.149. The first-order valence-corrected chi connectivity index (χ1v) is 14.0. The van der Waals surface area contributed by atoms with Gasteiger partial charge in [-0.1, -0.05) is 24.3 Å². The van der Waals surface area contributed by atoms with Crippen LogP contribution in [-0.2, 0) is 10.2 Å². The van der Waals surface area contributed by atoms with Crippen LogP contribution in [0.15, 0.2) is 30.5 Å². The fourth-order valence-corrected chi connectivity index (χ4v) is 7.63. The van der Waals surface area contributed by atoms with Crippen LogP contribution >= 0.6 is 0 Å². The number of likely N-dealkylation sites (tertiary alicyclic amines) is 1. The minimum Gasteiger partial charge on any atom is -0.390 e. The quantitative estimate of drug-likeness (QED) is 0.575. The van der Waals surface area contributed by atoms with E-state index in [1.807, 2.05) is 0 Å². The number of nitrogens with zero attached hydrogens (tertiary/aromatic N) is 3. The van der Waals surface area contributed by atoms with Crippen LogP contribution in [0.5, 0.6) is 0 Å². The van der Waals surface area contributed by atoms with Gasteiger partial charge >= 0.3 is 0 Å². The molecule has 2 saturated heterocycles. The molecular weight excluding hydrogens is 466 g/mol. The number of aliphatic hydroxyl groups is 1. The van der Waals surface area contributed by atoms with E-state index in [0.717, 1.165) is 82.6 Å². The number of nitrogens with two attached hydrogens (primary N) is 1. The summed E-state index contributed by atoms with van der Waals surface area (Å²) in [4.78, 5) is 24.9. The van der Waals surface area contributed by atoms with Gasteiger partial charge in [-0.2, -0.15) is 0 Å². The van der Waals surface area contributed by atoms with Crippen molar-refractivity contribution < 1.29 is 14.6 Å². The first-order chi connectivity index (χ1) is 17.9. The number of piperidine rings is 1. The van der Waals surface area contributed by atoms with E-state index in [4.69, 9.17) is 10.5 Å². The fourth-order valence-electron chi connectivity index (χ4n) is 7.63. The molecule has 2 aromatic rings. The summed E-state index contributed by atoms with van der Waals surface area (Å²) in [6.45, 7) is 4.13. The number of ether oxygens (including phenoxy) is 1. The molecule has 6 fully saturated rings. The van der Waals surface area contributed by atoms with E-state index in [0.29, 0.717) is 17.2 Å². The number of amides is 1. The van der Waals surface area contributed by atoms with E-state index < -0.39 is 5.60 Å². The molecule has 2 aliphatic heterocycles. The second-order valence-corrected chi connectivity index (χ2v) is 12.4. The van der Waals surface area contributed by atoms with Gasteiger partial charge in [-0.05, 0) is 69.3 Å². The first kappa shape index (κ1) is 23.6. The van der Waals surface area contributed by atoms with Crippen molar-refractivity contribution >= 4 is 11.7 Å². The van der Waals surface area contributed by atoms with Gasteiger partial charge in [0.25, 0.3) is 5.91 Å². The predicted octanol–water partition coefficient (Wildman–Crippen LogP) is 3.05. The molecular formula is C29H37N5O3. The lowest BCUT2D eigenvalue weighted by atomic mass is 9.63. The van der Waals surface area contributed by atoms with Crippen LogP contribution < -0.4 is 11.1 Å². The molecule has 8 nitrogen and oxygen atoms in total. The van der Waals surface area contributed by atoms with Gasteiger partial charge in [0.1, 0.15) is 0 Å². The molecule has 1 amide bonds. The summed E-state index contributed by atoms with van der Waals surface area (Å²) in [5.74, 6) is 0.633. The van der Waals surface area contributed by atoms with E-state index in [1.165, 1.54) is 18.5 Å². The lowest BCUT2D eigenvalue weighted by molar-refractivity contribution is -0.0702. The average molecular weight is 504 g/mol. The second kappa shape index (κ2) is 8.48. The van der Waals surface area contributed by atoms with E-state index in [9.17, 15) is 9.90 Å². The third-order valence-corrected chi connectivity index (χ3v) is 10.2. The van der Waals surface area contributed by atoms with Gasteiger partial charge in [0.15, 0.2) is 11.5 Å². The monoisotopic (exact) mass is 503 g/mol. The van der Waals surface area contributed by atoms with Crippen molar-refractivity contribution in [2.75, 3.05) is 32.0 Å². The number of nitrogen functional groups attached to an aromatic ring is 1.